The van der Waals surface area contributed by atoms with Crippen LogP contribution in [0.3, 0.4) is 0 Å². The van der Waals surface area contributed by atoms with Crippen LogP contribution in [0.25, 0.3) is 27.8 Å². The van der Waals surface area contributed by atoms with Crippen LogP contribution in [0.15, 0.2) is 79.3 Å². The summed E-state index contributed by atoms with van der Waals surface area (Å²) in [6.45, 7) is 0. The normalized spacial score (nSPS) is 10.9. The van der Waals surface area contributed by atoms with E-state index in [-0.39, 0.29) is 5.91 Å². The van der Waals surface area contributed by atoms with Gasteiger partial charge in [0.2, 0.25) is 0 Å². The predicted octanol–water partition coefficient (Wildman–Crippen LogP) is 3.46. The minimum Gasteiger partial charge on any atom is -0.319 e. The van der Waals surface area contributed by atoms with Gasteiger partial charge in [0.05, 0.1) is 30.0 Å². The number of hydrogen-bond donors (Lipinski definition) is 2. The van der Waals surface area contributed by atoms with E-state index >= 15 is 0 Å². The Morgan fingerprint density at radius 2 is 1.76 bits per heavy atom. The Labute approximate surface area is 165 Å². The number of H-pyrrole nitrogens is 1. The number of anilines is 1. The highest BCUT2D eigenvalue weighted by molar-refractivity contribution is 6.03. The van der Waals surface area contributed by atoms with Crippen LogP contribution in [-0.2, 0) is 0 Å². The third kappa shape index (κ3) is 3.34. The summed E-state index contributed by atoms with van der Waals surface area (Å²) in [7, 11) is 0. The van der Waals surface area contributed by atoms with Gasteiger partial charge in [-0.25, -0.2) is 4.98 Å². The molecule has 0 fully saturated rings. The molecule has 0 unspecified atom stereocenters. The van der Waals surface area contributed by atoms with E-state index in [2.05, 4.69) is 48.9 Å². The number of rotatable bonds is 4. The quantitative estimate of drug-likeness (QED) is 0.496. The minimum atomic E-state index is -0.295. The summed E-state index contributed by atoms with van der Waals surface area (Å²) in [5, 5.41) is 20.2. The van der Waals surface area contributed by atoms with Crippen molar-refractivity contribution in [2.45, 2.75) is 0 Å². The summed E-state index contributed by atoms with van der Waals surface area (Å²) in [5.74, 6) is 0.268. The van der Waals surface area contributed by atoms with Crippen LogP contribution < -0.4 is 5.32 Å². The van der Waals surface area contributed by atoms with Crippen molar-refractivity contribution >= 4 is 22.4 Å². The molecule has 3 aromatic heterocycles. The smallest absolute Gasteiger partial charge is 0.273 e. The number of benzene rings is 2. The van der Waals surface area contributed by atoms with Gasteiger partial charge in [-0.05, 0) is 35.0 Å². The Balaban J connectivity index is 1.33. The highest BCUT2D eigenvalue weighted by Crippen LogP contribution is 2.23. The van der Waals surface area contributed by atoms with Gasteiger partial charge in [0.15, 0.2) is 5.82 Å². The molecular formula is C21H15N7O. The second-order valence-corrected chi connectivity index (χ2v) is 6.41. The molecule has 8 nitrogen and oxygen atoms in total. The van der Waals surface area contributed by atoms with E-state index in [9.17, 15) is 4.79 Å². The maximum Gasteiger partial charge on any atom is 0.273 e. The lowest BCUT2D eigenvalue weighted by molar-refractivity contribution is 0.102. The molecule has 2 N–H and O–H groups in total. The molecule has 2 aromatic carbocycles. The van der Waals surface area contributed by atoms with Gasteiger partial charge in [-0.1, -0.05) is 36.4 Å². The van der Waals surface area contributed by atoms with Crippen molar-refractivity contribution in [1.29, 1.82) is 0 Å². The molecule has 5 aromatic rings. The molecule has 3 heterocycles. The van der Waals surface area contributed by atoms with E-state index in [4.69, 9.17) is 0 Å². The second-order valence-electron chi connectivity index (χ2n) is 6.41. The second kappa shape index (κ2) is 7.01. The number of hydrogen-bond acceptors (Lipinski definition) is 5. The molecule has 0 aliphatic carbocycles. The van der Waals surface area contributed by atoms with E-state index in [0.717, 1.165) is 16.3 Å². The first-order chi connectivity index (χ1) is 14.3. The summed E-state index contributed by atoms with van der Waals surface area (Å²) in [6, 6.07) is 19.4. The lowest BCUT2D eigenvalue weighted by atomic mass is 10.1. The fourth-order valence-corrected chi connectivity index (χ4v) is 3.05. The van der Waals surface area contributed by atoms with Crippen LogP contribution in [0.4, 0.5) is 5.69 Å². The average molecular weight is 381 g/mol. The Morgan fingerprint density at radius 1 is 0.931 bits per heavy atom. The molecule has 0 aliphatic heterocycles. The molecule has 0 spiro atoms. The monoisotopic (exact) mass is 381 g/mol. The molecule has 29 heavy (non-hydrogen) atoms. The molecule has 140 valence electrons. The van der Waals surface area contributed by atoms with Crippen molar-refractivity contribution in [3.63, 3.8) is 0 Å². The molecule has 5 rings (SSSR count). The van der Waals surface area contributed by atoms with Crippen molar-refractivity contribution in [2.75, 3.05) is 5.32 Å². The van der Waals surface area contributed by atoms with Gasteiger partial charge in [-0.2, -0.15) is 15.3 Å². The van der Waals surface area contributed by atoms with Crippen LogP contribution in [0.2, 0.25) is 0 Å². The first kappa shape index (κ1) is 16.8. The molecule has 8 heteroatoms. The highest BCUT2D eigenvalue weighted by atomic mass is 16.1. The van der Waals surface area contributed by atoms with Crippen molar-refractivity contribution in [3.8, 4) is 17.1 Å². The van der Waals surface area contributed by atoms with Crippen molar-refractivity contribution < 1.29 is 4.79 Å². The van der Waals surface area contributed by atoms with Crippen LogP contribution in [0.1, 0.15) is 10.5 Å². The predicted molar refractivity (Wildman–Crippen MR) is 109 cm³/mol. The molecule has 0 saturated heterocycles. The average Bonchev–Trinajstić information content (AvgIpc) is 3.46. The maximum atomic E-state index is 12.5. The van der Waals surface area contributed by atoms with Gasteiger partial charge in [-0.3, -0.25) is 9.89 Å². The zero-order valence-electron chi connectivity index (χ0n) is 15.1. The first-order valence-electron chi connectivity index (χ1n) is 8.95. The summed E-state index contributed by atoms with van der Waals surface area (Å²) in [6.07, 6.45) is 4.70. The fraction of sp³-hybridized carbons (Fsp3) is 0. The Kier molecular flexibility index (Phi) is 4.06. The minimum absolute atomic E-state index is 0.295. The molecule has 0 bridgehead atoms. The van der Waals surface area contributed by atoms with E-state index < -0.39 is 0 Å². The van der Waals surface area contributed by atoms with Gasteiger partial charge in [0, 0.05) is 5.56 Å². The molecule has 0 saturated carbocycles. The van der Waals surface area contributed by atoms with Crippen LogP contribution in [0, 0.1) is 0 Å². The van der Waals surface area contributed by atoms with Crippen LogP contribution in [0.5, 0.6) is 0 Å². The number of aromatic nitrogens is 6. The Hall–Kier alpha value is -4.33. The number of carbonyl (C=O) groups is 1. The number of nitrogens with zero attached hydrogens (tertiary/aromatic N) is 5. The lowest BCUT2D eigenvalue weighted by Crippen LogP contribution is -2.13. The largest absolute Gasteiger partial charge is 0.319 e. The fourth-order valence-electron chi connectivity index (χ4n) is 3.05. The number of fused-ring (bicyclic) bond motifs is 1. The molecular weight excluding hydrogens is 366 g/mol. The standard InChI is InChI=1S/C21H15N7O/c29-21(25-17-7-8-20(22-13-17)28-23-9-10-24-28)19-12-18(26-27-19)16-6-5-14-3-1-2-4-15(14)11-16/h1-13H,(H,25,29)(H,26,27). The van der Waals surface area contributed by atoms with Crippen LogP contribution in [-0.4, -0.2) is 36.1 Å². The third-order valence-corrected chi connectivity index (χ3v) is 4.50. The van der Waals surface area contributed by atoms with E-state index in [0.29, 0.717) is 22.9 Å². The van der Waals surface area contributed by atoms with Gasteiger partial charge >= 0.3 is 0 Å². The topological polar surface area (TPSA) is 101 Å². The Morgan fingerprint density at radius 3 is 2.55 bits per heavy atom. The van der Waals surface area contributed by atoms with Crippen molar-refractivity contribution in [1.82, 2.24) is 30.2 Å². The third-order valence-electron chi connectivity index (χ3n) is 4.50. The lowest BCUT2D eigenvalue weighted by Gasteiger charge is -2.04. The number of carbonyl (C=O) groups excluding carboxylic acids is 1. The summed E-state index contributed by atoms with van der Waals surface area (Å²) in [5.41, 5.74) is 2.58. The van der Waals surface area contributed by atoms with E-state index in [1.165, 1.54) is 4.80 Å². The summed E-state index contributed by atoms with van der Waals surface area (Å²) < 4.78 is 0. The number of amides is 1. The highest BCUT2D eigenvalue weighted by Gasteiger charge is 2.12. The zero-order valence-corrected chi connectivity index (χ0v) is 15.1. The maximum absolute atomic E-state index is 12.5. The number of aromatic amines is 1. The zero-order chi connectivity index (χ0) is 19.6. The first-order valence-corrected chi connectivity index (χ1v) is 8.95. The molecule has 0 atom stereocenters. The molecule has 0 radical (unpaired) electrons. The number of nitrogens with one attached hydrogen (secondary N) is 2. The Bertz CT molecular complexity index is 1290. The van der Waals surface area contributed by atoms with Gasteiger partial charge < -0.3 is 5.32 Å². The molecule has 0 aliphatic rings. The van der Waals surface area contributed by atoms with Gasteiger partial charge in [0.1, 0.15) is 5.69 Å². The molecule has 1 amide bonds. The van der Waals surface area contributed by atoms with Crippen molar-refractivity contribution in [2.24, 2.45) is 0 Å². The SMILES string of the molecule is O=C(Nc1ccc(-n2nccn2)nc1)c1cc(-c2ccc3ccccc3c2)n[nH]1. The van der Waals surface area contributed by atoms with E-state index in [1.54, 1.807) is 36.8 Å². The summed E-state index contributed by atoms with van der Waals surface area (Å²) in [4.78, 5) is 18.2. The van der Waals surface area contributed by atoms with Gasteiger partial charge in [-0.15, -0.1) is 4.80 Å². The van der Waals surface area contributed by atoms with E-state index in [1.807, 2.05) is 24.3 Å². The van der Waals surface area contributed by atoms with Gasteiger partial charge in [0.25, 0.3) is 5.91 Å². The van der Waals surface area contributed by atoms with Crippen LogP contribution >= 0.6 is 0 Å². The summed E-state index contributed by atoms with van der Waals surface area (Å²) >= 11 is 0. The number of pyridine rings is 1. The van der Waals surface area contributed by atoms with Crippen molar-refractivity contribution in [3.05, 3.63) is 84.9 Å².